The molecule has 0 amide bonds. The fourth-order valence-electron chi connectivity index (χ4n) is 3.06. The fourth-order valence-corrected chi connectivity index (χ4v) is 4.27. The fraction of sp³-hybridized carbons (Fsp3) is 0.318. The second-order valence-electron chi connectivity index (χ2n) is 6.62. The molecule has 0 unspecified atom stereocenters. The first-order chi connectivity index (χ1) is 14.5. The van der Waals surface area contributed by atoms with Crippen LogP contribution in [0.4, 0.5) is 0 Å². The Hall–Kier alpha value is -1.94. The van der Waals surface area contributed by atoms with Crippen molar-refractivity contribution >= 4 is 55.6 Å². The van der Waals surface area contributed by atoms with Gasteiger partial charge < -0.3 is 9.47 Å². The average Bonchev–Trinajstić information content (AvgIpc) is 2.72. The van der Waals surface area contributed by atoms with Crippen molar-refractivity contribution in [1.29, 1.82) is 0 Å². The van der Waals surface area contributed by atoms with Gasteiger partial charge in [-0.15, -0.1) is 0 Å². The van der Waals surface area contributed by atoms with Crippen molar-refractivity contribution < 1.29 is 9.47 Å². The summed E-state index contributed by atoms with van der Waals surface area (Å²) in [4.78, 5) is 17.9. The number of aryl methyl sites for hydroxylation is 1. The lowest BCUT2D eigenvalue weighted by Crippen LogP contribution is -2.22. The molecule has 8 heteroatoms. The van der Waals surface area contributed by atoms with Crippen LogP contribution in [0.2, 0.25) is 0 Å². The molecule has 158 valence electrons. The van der Waals surface area contributed by atoms with Gasteiger partial charge >= 0.3 is 0 Å². The van der Waals surface area contributed by atoms with Gasteiger partial charge in [0, 0.05) is 10.9 Å². The van der Waals surface area contributed by atoms with Crippen molar-refractivity contribution in [2.45, 2.75) is 33.1 Å². The van der Waals surface area contributed by atoms with Gasteiger partial charge in [-0.25, -0.2) is 4.98 Å². The maximum Gasteiger partial charge on any atom is 0.282 e. The number of methoxy groups -OCH3 is 1. The quantitative estimate of drug-likeness (QED) is 0.263. The van der Waals surface area contributed by atoms with Crippen LogP contribution < -0.4 is 15.0 Å². The average molecular weight is 584 g/mol. The van der Waals surface area contributed by atoms with Crippen LogP contribution in [0.3, 0.4) is 0 Å². The predicted octanol–water partition coefficient (Wildman–Crippen LogP) is 5.40. The topological polar surface area (TPSA) is 65.7 Å². The summed E-state index contributed by atoms with van der Waals surface area (Å²) < 4.78 is 14.3. The van der Waals surface area contributed by atoms with Crippen LogP contribution in [0.25, 0.3) is 10.9 Å². The molecule has 0 saturated heterocycles. The normalized spacial score (nSPS) is 11.4. The van der Waals surface area contributed by atoms with E-state index >= 15 is 0 Å². The molecule has 3 rings (SSSR count). The third-order valence-corrected chi connectivity index (χ3v) is 5.78. The second-order valence-corrected chi connectivity index (χ2v) is 8.70. The van der Waals surface area contributed by atoms with E-state index in [-0.39, 0.29) is 5.56 Å². The molecule has 0 N–H and O–H groups in total. The highest BCUT2D eigenvalue weighted by molar-refractivity contribution is 14.1. The Kier molecular flexibility index (Phi) is 7.87. The van der Waals surface area contributed by atoms with E-state index in [9.17, 15) is 4.79 Å². The molecule has 0 aliphatic heterocycles. The van der Waals surface area contributed by atoms with Gasteiger partial charge in [0.25, 0.3) is 5.56 Å². The summed E-state index contributed by atoms with van der Waals surface area (Å²) in [5.41, 5.74) is 1.31. The van der Waals surface area contributed by atoms with Crippen molar-refractivity contribution in [1.82, 2.24) is 9.66 Å². The number of hydrogen-bond acceptors (Lipinski definition) is 5. The number of unbranched alkanes of at least 4 members (excludes halogenated alkanes) is 1. The van der Waals surface area contributed by atoms with Gasteiger partial charge in [0.05, 0.1) is 34.4 Å². The zero-order valence-electron chi connectivity index (χ0n) is 17.1. The number of fused-ring (bicyclic) bond motifs is 1. The molecular weight excluding hydrogens is 561 g/mol. The zero-order chi connectivity index (χ0) is 21.7. The Bertz CT molecular complexity index is 1140. The Morgan fingerprint density at radius 2 is 2.07 bits per heavy atom. The molecule has 0 fully saturated rings. The highest BCUT2D eigenvalue weighted by Gasteiger charge is 2.13. The van der Waals surface area contributed by atoms with Crippen LogP contribution in [0, 0.1) is 3.57 Å². The molecule has 0 radical (unpaired) electrons. The van der Waals surface area contributed by atoms with Gasteiger partial charge in [0.1, 0.15) is 5.82 Å². The summed E-state index contributed by atoms with van der Waals surface area (Å²) in [6.45, 7) is 4.56. The molecule has 0 aliphatic carbocycles. The van der Waals surface area contributed by atoms with Crippen LogP contribution in [0.1, 0.15) is 38.1 Å². The first-order valence-electron chi connectivity index (χ1n) is 9.74. The summed E-state index contributed by atoms with van der Waals surface area (Å²) >= 11 is 5.63. The molecule has 0 saturated carbocycles. The Balaban J connectivity index is 2.10. The maximum absolute atomic E-state index is 13.2. The first-order valence-corrected chi connectivity index (χ1v) is 11.6. The van der Waals surface area contributed by atoms with E-state index in [2.05, 4.69) is 50.5 Å². The number of benzene rings is 2. The molecule has 3 aromatic rings. The van der Waals surface area contributed by atoms with E-state index in [0.717, 1.165) is 26.4 Å². The van der Waals surface area contributed by atoms with Crippen molar-refractivity contribution in [2.75, 3.05) is 13.7 Å². The monoisotopic (exact) mass is 583 g/mol. The number of ether oxygens (including phenoxy) is 2. The van der Waals surface area contributed by atoms with Gasteiger partial charge in [0.2, 0.25) is 0 Å². The minimum atomic E-state index is -0.183. The predicted molar refractivity (Wildman–Crippen MR) is 132 cm³/mol. The highest BCUT2D eigenvalue weighted by Crippen LogP contribution is 2.33. The SMILES string of the molecule is CCCCc1nc2ccc(Br)cc2c(=O)n1N=Cc1cc(I)c(OC)c(OCC)c1. The number of hydrogen-bond donors (Lipinski definition) is 0. The molecule has 6 nitrogen and oxygen atoms in total. The van der Waals surface area contributed by atoms with E-state index in [4.69, 9.17) is 14.5 Å². The van der Waals surface area contributed by atoms with Crippen LogP contribution in [0.5, 0.6) is 11.5 Å². The van der Waals surface area contributed by atoms with Crippen LogP contribution in [-0.2, 0) is 6.42 Å². The summed E-state index contributed by atoms with van der Waals surface area (Å²) in [6.07, 6.45) is 4.27. The standard InChI is InChI=1S/C22H23BrIN3O3/c1-4-6-7-20-26-18-9-8-15(23)12-16(18)22(28)27(20)25-13-14-10-17(24)21(29-3)19(11-14)30-5-2/h8-13H,4-7H2,1-3H3. The maximum atomic E-state index is 13.2. The van der Waals surface area contributed by atoms with E-state index in [1.807, 2.05) is 31.2 Å². The zero-order valence-corrected chi connectivity index (χ0v) is 20.9. The van der Waals surface area contributed by atoms with E-state index in [1.54, 1.807) is 19.4 Å². The molecule has 1 heterocycles. The number of aromatic nitrogens is 2. The second kappa shape index (κ2) is 10.4. The van der Waals surface area contributed by atoms with Crippen molar-refractivity contribution in [3.05, 3.63) is 60.1 Å². The molecule has 0 bridgehead atoms. The summed E-state index contributed by atoms with van der Waals surface area (Å²) in [6, 6.07) is 9.32. The van der Waals surface area contributed by atoms with Gasteiger partial charge in [-0.2, -0.15) is 9.78 Å². The number of nitrogens with zero attached hydrogens (tertiary/aromatic N) is 3. The minimum absolute atomic E-state index is 0.183. The Morgan fingerprint density at radius 3 is 2.77 bits per heavy atom. The lowest BCUT2D eigenvalue weighted by atomic mass is 10.2. The number of rotatable bonds is 8. The molecule has 1 aromatic heterocycles. The van der Waals surface area contributed by atoms with Gasteiger partial charge in [0.15, 0.2) is 11.5 Å². The van der Waals surface area contributed by atoms with Gasteiger partial charge in [-0.05, 0) is 71.8 Å². The van der Waals surface area contributed by atoms with Crippen LogP contribution in [-0.4, -0.2) is 29.6 Å². The highest BCUT2D eigenvalue weighted by atomic mass is 127. The summed E-state index contributed by atoms with van der Waals surface area (Å²) in [7, 11) is 1.62. The third-order valence-electron chi connectivity index (χ3n) is 4.49. The van der Waals surface area contributed by atoms with E-state index in [1.165, 1.54) is 4.68 Å². The first kappa shape index (κ1) is 22.7. The molecule has 30 heavy (non-hydrogen) atoms. The van der Waals surface area contributed by atoms with Gasteiger partial charge in [-0.3, -0.25) is 4.79 Å². The molecule has 0 aliphatic rings. The van der Waals surface area contributed by atoms with Crippen molar-refractivity contribution in [3.63, 3.8) is 0 Å². The van der Waals surface area contributed by atoms with E-state index < -0.39 is 0 Å². The smallest absolute Gasteiger partial charge is 0.282 e. The number of halogens is 2. The van der Waals surface area contributed by atoms with Crippen LogP contribution >= 0.6 is 38.5 Å². The van der Waals surface area contributed by atoms with Crippen molar-refractivity contribution in [2.24, 2.45) is 5.10 Å². The van der Waals surface area contributed by atoms with Crippen LogP contribution in [0.15, 0.2) is 44.7 Å². The van der Waals surface area contributed by atoms with E-state index in [0.29, 0.717) is 41.3 Å². The molecule has 0 spiro atoms. The lowest BCUT2D eigenvalue weighted by Gasteiger charge is -2.12. The summed E-state index contributed by atoms with van der Waals surface area (Å²) in [5, 5.41) is 5.04. The largest absolute Gasteiger partial charge is 0.492 e. The lowest BCUT2D eigenvalue weighted by molar-refractivity contribution is 0.309. The van der Waals surface area contributed by atoms with Gasteiger partial charge in [-0.1, -0.05) is 29.3 Å². The molecule has 0 atom stereocenters. The minimum Gasteiger partial charge on any atom is -0.492 e. The third kappa shape index (κ3) is 5.03. The summed E-state index contributed by atoms with van der Waals surface area (Å²) in [5.74, 6) is 1.99. The Morgan fingerprint density at radius 1 is 1.27 bits per heavy atom. The Labute approximate surface area is 197 Å². The van der Waals surface area contributed by atoms with Crippen molar-refractivity contribution in [3.8, 4) is 11.5 Å². The molecule has 2 aromatic carbocycles. The molecular formula is C22H23BrIN3O3.